The van der Waals surface area contributed by atoms with E-state index in [0.717, 1.165) is 23.7 Å². The van der Waals surface area contributed by atoms with Crippen LogP contribution in [-0.2, 0) is 11.2 Å². The Morgan fingerprint density at radius 2 is 2.00 bits per heavy atom. The first kappa shape index (κ1) is 17.7. The number of H-pyrrole nitrogens is 1. The van der Waals surface area contributed by atoms with Crippen molar-refractivity contribution >= 4 is 23.6 Å². The average Bonchev–Trinajstić information content (AvgIpc) is 3.36. The van der Waals surface area contributed by atoms with Gasteiger partial charge in [0.15, 0.2) is 11.6 Å². The third-order valence-corrected chi connectivity index (χ3v) is 4.34. The SMILES string of the molecule is CCc1ccc(-c2nc(SCC(=O)NNC(=O)c3ccco3)n[nH]2)cc1. The maximum Gasteiger partial charge on any atom is 0.305 e. The number of aromatic amines is 1. The van der Waals surface area contributed by atoms with Gasteiger partial charge in [0, 0.05) is 5.56 Å². The quantitative estimate of drug-likeness (QED) is 0.452. The summed E-state index contributed by atoms with van der Waals surface area (Å²) in [5.74, 6) is -0.0882. The van der Waals surface area contributed by atoms with E-state index in [1.54, 1.807) is 6.07 Å². The second-order valence-corrected chi connectivity index (χ2v) is 6.23. The Balaban J connectivity index is 1.48. The van der Waals surface area contributed by atoms with Crippen LogP contribution in [0.15, 0.2) is 52.2 Å². The number of furan rings is 1. The minimum absolute atomic E-state index is 0.0600. The molecule has 0 aliphatic rings. The lowest BCUT2D eigenvalue weighted by Crippen LogP contribution is -2.42. The predicted molar refractivity (Wildman–Crippen MR) is 96.2 cm³/mol. The molecule has 9 heteroatoms. The van der Waals surface area contributed by atoms with Crippen LogP contribution in [0.1, 0.15) is 23.0 Å². The van der Waals surface area contributed by atoms with E-state index < -0.39 is 5.91 Å². The van der Waals surface area contributed by atoms with Gasteiger partial charge in [0.2, 0.25) is 11.1 Å². The molecule has 1 aromatic carbocycles. The number of benzene rings is 1. The van der Waals surface area contributed by atoms with E-state index in [4.69, 9.17) is 4.42 Å². The molecule has 0 saturated carbocycles. The summed E-state index contributed by atoms with van der Waals surface area (Å²) in [6, 6.07) is 11.1. The van der Waals surface area contributed by atoms with Crippen molar-refractivity contribution in [2.75, 3.05) is 5.75 Å². The fourth-order valence-electron chi connectivity index (χ4n) is 2.10. The Bertz CT molecular complexity index is 874. The molecule has 0 atom stereocenters. The van der Waals surface area contributed by atoms with E-state index >= 15 is 0 Å². The molecular formula is C17H17N5O3S. The van der Waals surface area contributed by atoms with Crippen molar-refractivity contribution in [3.8, 4) is 11.4 Å². The Morgan fingerprint density at radius 3 is 2.69 bits per heavy atom. The molecule has 0 fully saturated rings. The summed E-state index contributed by atoms with van der Waals surface area (Å²) in [6.45, 7) is 2.10. The van der Waals surface area contributed by atoms with Gasteiger partial charge in [-0.25, -0.2) is 4.98 Å². The fourth-order valence-corrected chi connectivity index (χ4v) is 2.70. The van der Waals surface area contributed by atoms with E-state index in [-0.39, 0.29) is 17.4 Å². The lowest BCUT2D eigenvalue weighted by Gasteiger charge is -2.04. The molecule has 2 aromatic heterocycles. The number of nitrogens with one attached hydrogen (secondary N) is 3. The summed E-state index contributed by atoms with van der Waals surface area (Å²) in [5, 5.41) is 7.39. The second kappa shape index (κ2) is 8.34. The molecule has 0 saturated heterocycles. The molecule has 0 spiro atoms. The topological polar surface area (TPSA) is 113 Å². The zero-order valence-electron chi connectivity index (χ0n) is 14.0. The summed E-state index contributed by atoms with van der Waals surface area (Å²) in [5.41, 5.74) is 6.75. The Kier molecular flexibility index (Phi) is 5.69. The minimum Gasteiger partial charge on any atom is -0.459 e. The molecule has 0 radical (unpaired) electrons. The van der Waals surface area contributed by atoms with Crippen molar-refractivity contribution in [2.24, 2.45) is 0 Å². The van der Waals surface area contributed by atoms with Gasteiger partial charge < -0.3 is 4.42 Å². The van der Waals surface area contributed by atoms with Gasteiger partial charge in [-0.15, -0.1) is 5.10 Å². The molecule has 0 bridgehead atoms. The maximum absolute atomic E-state index is 11.8. The number of amides is 2. The molecule has 0 aliphatic carbocycles. The van der Waals surface area contributed by atoms with Gasteiger partial charge in [-0.05, 0) is 24.1 Å². The monoisotopic (exact) mass is 371 g/mol. The van der Waals surface area contributed by atoms with Gasteiger partial charge in [-0.1, -0.05) is 43.0 Å². The van der Waals surface area contributed by atoms with Crippen molar-refractivity contribution in [1.29, 1.82) is 0 Å². The highest BCUT2D eigenvalue weighted by Crippen LogP contribution is 2.19. The van der Waals surface area contributed by atoms with Crippen molar-refractivity contribution in [1.82, 2.24) is 26.0 Å². The van der Waals surface area contributed by atoms with Gasteiger partial charge in [-0.3, -0.25) is 25.5 Å². The predicted octanol–water partition coefficient (Wildman–Crippen LogP) is 2.18. The molecule has 2 heterocycles. The number of nitrogens with zero attached hydrogens (tertiary/aromatic N) is 2. The first-order chi connectivity index (χ1) is 12.7. The number of aromatic nitrogens is 3. The van der Waals surface area contributed by atoms with E-state index in [1.165, 1.54) is 17.9 Å². The largest absolute Gasteiger partial charge is 0.459 e. The second-order valence-electron chi connectivity index (χ2n) is 5.29. The molecular weight excluding hydrogens is 354 g/mol. The van der Waals surface area contributed by atoms with Crippen LogP contribution in [0.3, 0.4) is 0 Å². The zero-order valence-corrected chi connectivity index (χ0v) is 14.8. The number of hydrogen-bond acceptors (Lipinski definition) is 6. The minimum atomic E-state index is -0.524. The van der Waals surface area contributed by atoms with Crippen LogP contribution in [0.5, 0.6) is 0 Å². The van der Waals surface area contributed by atoms with Crippen molar-refractivity contribution in [3.63, 3.8) is 0 Å². The number of hydrazine groups is 1. The van der Waals surface area contributed by atoms with Gasteiger partial charge in [0.25, 0.3) is 0 Å². The lowest BCUT2D eigenvalue weighted by atomic mass is 10.1. The summed E-state index contributed by atoms with van der Waals surface area (Å²) in [7, 11) is 0. The number of aryl methyl sites for hydroxylation is 1. The Hall–Kier alpha value is -3.07. The van der Waals surface area contributed by atoms with Crippen molar-refractivity contribution in [3.05, 3.63) is 54.0 Å². The van der Waals surface area contributed by atoms with Crippen LogP contribution in [-0.4, -0.2) is 32.7 Å². The highest BCUT2D eigenvalue weighted by Gasteiger charge is 2.11. The van der Waals surface area contributed by atoms with E-state index in [9.17, 15) is 9.59 Å². The van der Waals surface area contributed by atoms with Crippen LogP contribution in [0.25, 0.3) is 11.4 Å². The smallest absolute Gasteiger partial charge is 0.305 e. The number of carbonyl (C=O) groups excluding carboxylic acids is 2. The number of rotatable bonds is 6. The molecule has 8 nitrogen and oxygen atoms in total. The summed E-state index contributed by atoms with van der Waals surface area (Å²) in [4.78, 5) is 27.8. The molecule has 0 unspecified atom stereocenters. The van der Waals surface area contributed by atoms with Gasteiger partial charge in [-0.2, -0.15) is 0 Å². The maximum atomic E-state index is 11.8. The summed E-state index contributed by atoms with van der Waals surface area (Å²) < 4.78 is 4.92. The van der Waals surface area contributed by atoms with Crippen LogP contribution in [0.4, 0.5) is 0 Å². The molecule has 3 N–H and O–H groups in total. The lowest BCUT2D eigenvalue weighted by molar-refractivity contribution is -0.119. The number of hydrogen-bond donors (Lipinski definition) is 3. The third-order valence-electron chi connectivity index (χ3n) is 3.49. The standard InChI is InChI=1S/C17H17N5O3S/c1-2-11-5-7-12(8-6-11)15-18-17(22-20-15)26-10-14(23)19-21-16(24)13-4-3-9-25-13/h3-9H,2,10H2,1H3,(H,19,23)(H,21,24)(H,18,20,22). The molecule has 3 aromatic rings. The summed E-state index contributed by atoms with van der Waals surface area (Å²) in [6.07, 6.45) is 2.35. The Labute approximate surface area is 153 Å². The number of thioether (sulfide) groups is 1. The van der Waals surface area contributed by atoms with Crippen molar-refractivity contribution < 1.29 is 14.0 Å². The summed E-state index contributed by atoms with van der Waals surface area (Å²) >= 11 is 1.16. The van der Waals surface area contributed by atoms with E-state index in [0.29, 0.717) is 11.0 Å². The fraction of sp³-hybridized carbons (Fsp3) is 0.176. The Morgan fingerprint density at radius 1 is 1.19 bits per heavy atom. The first-order valence-electron chi connectivity index (χ1n) is 7.93. The van der Waals surface area contributed by atoms with Gasteiger partial charge in [0.1, 0.15) is 0 Å². The van der Waals surface area contributed by atoms with Crippen LogP contribution in [0.2, 0.25) is 0 Å². The van der Waals surface area contributed by atoms with Crippen molar-refractivity contribution in [2.45, 2.75) is 18.5 Å². The number of carbonyl (C=O) groups is 2. The van der Waals surface area contributed by atoms with E-state index in [2.05, 4.69) is 33.0 Å². The molecule has 134 valence electrons. The third kappa shape index (κ3) is 4.51. The molecule has 26 heavy (non-hydrogen) atoms. The normalized spacial score (nSPS) is 10.5. The first-order valence-corrected chi connectivity index (χ1v) is 8.91. The van der Waals surface area contributed by atoms with E-state index in [1.807, 2.05) is 24.3 Å². The van der Waals surface area contributed by atoms with Gasteiger partial charge >= 0.3 is 5.91 Å². The van der Waals surface area contributed by atoms with Crippen LogP contribution in [0, 0.1) is 0 Å². The molecule has 0 aliphatic heterocycles. The molecule has 2 amide bonds. The highest BCUT2D eigenvalue weighted by molar-refractivity contribution is 7.99. The zero-order chi connectivity index (χ0) is 18.4. The van der Waals surface area contributed by atoms with Crippen LogP contribution < -0.4 is 10.9 Å². The van der Waals surface area contributed by atoms with Gasteiger partial charge in [0.05, 0.1) is 12.0 Å². The highest BCUT2D eigenvalue weighted by atomic mass is 32.2. The molecule has 3 rings (SSSR count). The van der Waals surface area contributed by atoms with Crippen LogP contribution >= 0.6 is 11.8 Å². The average molecular weight is 371 g/mol.